The van der Waals surface area contributed by atoms with Gasteiger partial charge in [0.25, 0.3) is 0 Å². The molecule has 1 heteroatoms. The molecule has 0 aliphatic heterocycles. The number of allylic oxidation sites excluding steroid dienone is 3. The average molecular weight is 165 g/mol. The molecule has 0 aromatic heterocycles. The highest BCUT2D eigenvalue weighted by molar-refractivity contribution is 5.26. The Morgan fingerprint density at radius 1 is 1.33 bits per heavy atom. The minimum atomic E-state index is 0.394. The fraction of sp³-hybridized carbons (Fsp3) is 0.636. The van der Waals surface area contributed by atoms with Gasteiger partial charge in [0.05, 0.1) is 0 Å². The third kappa shape index (κ3) is 2.13. The summed E-state index contributed by atoms with van der Waals surface area (Å²) < 4.78 is 0. The highest BCUT2D eigenvalue weighted by Crippen LogP contribution is 2.37. The average Bonchev–Trinajstić information content (AvgIpc) is 1.82. The minimum Gasteiger partial charge on any atom is -0.381 e. The first kappa shape index (κ1) is 9.37. The summed E-state index contributed by atoms with van der Waals surface area (Å²) in [6.45, 7) is 8.64. The van der Waals surface area contributed by atoms with Gasteiger partial charge in [0.1, 0.15) is 0 Å². The molecule has 0 atom stereocenters. The van der Waals surface area contributed by atoms with Gasteiger partial charge in [0.2, 0.25) is 0 Å². The Morgan fingerprint density at radius 2 is 1.92 bits per heavy atom. The van der Waals surface area contributed by atoms with Gasteiger partial charge in [-0.1, -0.05) is 26.0 Å². The Morgan fingerprint density at radius 3 is 2.33 bits per heavy atom. The van der Waals surface area contributed by atoms with Crippen LogP contribution in [0.15, 0.2) is 23.9 Å². The molecule has 0 spiro atoms. The van der Waals surface area contributed by atoms with Crippen molar-refractivity contribution in [1.29, 1.82) is 0 Å². The van der Waals surface area contributed by atoms with Gasteiger partial charge < -0.3 is 4.90 Å². The molecule has 0 bridgehead atoms. The molecule has 1 nitrogen and oxygen atoms in total. The van der Waals surface area contributed by atoms with Crippen LogP contribution in [0.2, 0.25) is 0 Å². The largest absolute Gasteiger partial charge is 0.381 e. The van der Waals surface area contributed by atoms with E-state index in [2.05, 4.69) is 45.5 Å². The van der Waals surface area contributed by atoms with Crippen LogP contribution in [0.3, 0.4) is 0 Å². The standard InChI is InChI=1S/C11H19N/c1-9-6-10(12(4)5)8-11(2,3)7-9/h6H,1,7-8H2,2-5H3. The predicted octanol–water partition coefficient (Wildman–Crippen LogP) is 2.81. The molecule has 0 N–H and O–H groups in total. The van der Waals surface area contributed by atoms with E-state index in [0.29, 0.717) is 5.41 Å². The van der Waals surface area contributed by atoms with Crippen molar-refractivity contribution in [2.75, 3.05) is 14.1 Å². The summed E-state index contributed by atoms with van der Waals surface area (Å²) in [5.74, 6) is 0. The van der Waals surface area contributed by atoms with Crippen LogP contribution in [0.4, 0.5) is 0 Å². The summed E-state index contributed by atoms with van der Waals surface area (Å²) >= 11 is 0. The number of rotatable bonds is 1. The molecule has 0 unspecified atom stereocenters. The molecule has 0 aromatic rings. The fourth-order valence-corrected chi connectivity index (χ4v) is 1.79. The lowest BCUT2D eigenvalue weighted by Crippen LogP contribution is -2.23. The lowest BCUT2D eigenvalue weighted by atomic mass is 9.77. The SMILES string of the molecule is C=C1C=C(N(C)C)CC(C)(C)C1. The number of hydrogen-bond donors (Lipinski definition) is 0. The Bertz CT molecular complexity index is 221. The van der Waals surface area contributed by atoms with Gasteiger partial charge in [-0.3, -0.25) is 0 Å². The van der Waals surface area contributed by atoms with Gasteiger partial charge in [-0.05, 0) is 24.3 Å². The van der Waals surface area contributed by atoms with Gasteiger partial charge >= 0.3 is 0 Å². The zero-order chi connectivity index (χ0) is 9.35. The van der Waals surface area contributed by atoms with Crippen molar-refractivity contribution in [1.82, 2.24) is 4.90 Å². The van der Waals surface area contributed by atoms with Crippen molar-refractivity contribution in [3.8, 4) is 0 Å². The first-order chi connectivity index (χ1) is 5.41. The van der Waals surface area contributed by atoms with E-state index in [4.69, 9.17) is 0 Å². The zero-order valence-corrected chi connectivity index (χ0v) is 8.65. The number of nitrogens with zero attached hydrogens (tertiary/aromatic N) is 1. The smallest absolute Gasteiger partial charge is 0.0135 e. The van der Waals surface area contributed by atoms with Crippen LogP contribution >= 0.6 is 0 Å². The third-order valence-electron chi connectivity index (χ3n) is 2.31. The normalized spacial score (nSPS) is 22.0. The van der Waals surface area contributed by atoms with E-state index in [-0.39, 0.29) is 0 Å². The van der Waals surface area contributed by atoms with Crippen molar-refractivity contribution in [3.63, 3.8) is 0 Å². The van der Waals surface area contributed by atoms with Gasteiger partial charge in [0, 0.05) is 19.8 Å². The fourth-order valence-electron chi connectivity index (χ4n) is 1.79. The third-order valence-corrected chi connectivity index (χ3v) is 2.31. The highest BCUT2D eigenvalue weighted by atomic mass is 15.1. The molecule has 0 heterocycles. The van der Waals surface area contributed by atoms with Crippen LogP contribution < -0.4 is 0 Å². The first-order valence-electron chi connectivity index (χ1n) is 4.46. The van der Waals surface area contributed by atoms with Crippen molar-refractivity contribution in [2.24, 2.45) is 5.41 Å². The van der Waals surface area contributed by atoms with Crippen LogP contribution in [0.25, 0.3) is 0 Å². The maximum atomic E-state index is 4.04. The zero-order valence-electron chi connectivity index (χ0n) is 8.65. The second-order valence-electron chi connectivity index (χ2n) is 4.71. The van der Waals surface area contributed by atoms with Gasteiger partial charge in [-0.25, -0.2) is 0 Å². The van der Waals surface area contributed by atoms with Crippen molar-refractivity contribution < 1.29 is 0 Å². The van der Waals surface area contributed by atoms with Crippen LogP contribution in [-0.4, -0.2) is 19.0 Å². The van der Waals surface area contributed by atoms with E-state index < -0.39 is 0 Å². The monoisotopic (exact) mass is 165 g/mol. The van der Waals surface area contributed by atoms with Gasteiger partial charge in [-0.15, -0.1) is 0 Å². The summed E-state index contributed by atoms with van der Waals surface area (Å²) in [4.78, 5) is 2.19. The highest BCUT2D eigenvalue weighted by Gasteiger charge is 2.25. The molecule has 1 rings (SSSR count). The van der Waals surface area contributed by atoms with E-state index in [9.17, 15) is 0 Å². The summed E-state index contributed by atoms with van der Waals surface area (Å²) in [7, 11) is 4.20. The number of hydrogen-bond acceptors (Lipinski definition) is 1. The molecule has 1 aliphatic carbocycles. The van der Waals surface area contributed by atoms with E-state index >= 15 is 0 Å². The Labute approximate surface area is 75.8 Å². The maximum absolute atomic E-state index is 4.04. The molecule has 1 aliphatic rings. The van der Waals surface area contributed by atoms with Crippen LogP contribution in [0, 0.1) is 5.41 Å². The molecule has 0 radical (unpaired) electrons. The summed E-state index contributed by atoms with van der Waals surface area (Å²) in [5.41, 5.74) is 3.05. The van der Waals surface area contributed by atoms with E-state index in [1.165, 1.54) is 17.7 Å². The first-order valence-corrected chi connectivity index (χ1v) is 4.46. The van der Waals surface area contributed by atoms with Crippen molar-refractivity contribution >= 4 is 0 Å². The molecular formula is C11H19N. The molecule has 0 saturated heterocycles. The molecule has 0 saturated carbocycles. The molecule has 68 valence electrons. The maximum Gasteiger partial charge on any atom is 0.0135 e. The van der Waals surface area contributed by atoms with Crippen LogP contribution in [0.5, 0.6) is 0 Å². The lowest BCUT2D eigenvalue weighted by Gasteiger charge is -2.33. The molecule has 0 aromatic carbocycles. The predicted molar refractivity (Wildman–Crippen MR) is 53.9 cm³/mol. The summed E-state index contributed by atoms with van der Waals surface area (Å²) in [5, 5.41) is 0. The quantitative estimate of drug-likeness (QED) is 0.577. The molecule has 0 fully saturated rings. The molecule has 0 amide bonds. The topological polar surface area (TPSA) is 3.24 Å². The van der Waals surface area contributed by atoms with Crippen molar-refractivity contribution in [2.45, 2.75) is 26.7 Å². The molecule has 12 heavy (non-hydrogen) atoms. The second-order valence-corrected chi connectivity index (χ2v) is 4.71. The van der Waals surface area contributed by atoms with Gasteiger partial charge in [-0.2, -0.15) is 0 Å². The minimum absolute atomic E-state index is 0.394. The Balaban J connectivity index is 2.84. The van der Waals surface area contributed by atoms with Crippen LogP contribution in [-0.2, 0) is 0 Å². The molecular weight excluding hydrogens is 146 g/mol. The van der Waals surface area contributed by atoms with Crippen molar-refractivity contribution in [3.05, 3.63) is 23.9 Å². The van der Waals surface area contributed by atoms with E-state index in [0.717, 1.165) is 6.42 Å². The lowest BCUT2D eigenvalue weighted by molar-refractivity contribution is 0.309. The van der Waals surface area contributed by atoms with E-state index in [1.54, 1.807) is 0 Å². The Kier molecular flexibility index (Phi) is 2.31. The van der Waals surface area contributed by atoms with Crippen LogP contribution in [0.1, 0.15) is 26.7 Å². The van der Waals surface area contributed by atoms with Gasteiger partial charge in [0.15, 0.2) is 0 Å². The summed E-state index contributed by atoms with van der Waals surface area (Å²) in [6, 6.07) is 0. The van der Waals surface area contributed by atoms with E-state index in [1.807, 2.05) is 0 Å². The Hall–Kier alpha value is -0.720. The second kappa shape index (κ2) is 2.96. The summed E-state index contributed by atoms with van der Waals surface area (Å²) in [6.07, 6.45) is 4.51.